The summed E-state index contributed by atoms with van der Waals surface area (Å²) < 4.78 is 6.29. The number of carbonyl (C=O) groups is 1. The minimum Gasteiger partial charge on any atom is -0.462 e. The van der Waals surface area contributed by atoms with Gasteiger partial charge in [-0.1, -0.05) is 153 Å². The molecule has 0 amide bonds. The van der Waals surface area contributed by atoms with E-state index in [0.717, 1.165) is 38.5 Å². The molecule has 0 spiro atoms. The zero-order chi connectivity index (χ0) is 35.5. The second-order valence-electron chi connectivity index (χ2n) is 15.6. The van der Waals surface area contributed by atoms with Gasteiger partial charge in [0.05, 0.1) is 5.92 Å². The largest absolute Gasteiger partial charge is 0.462 e. The summed E-state index contributed by atoms with van der Waals surface area (Å²) in [5, 5.41) is 0. The zero-order valence-corrected chi connectivity index (χ0v) is 33.6. The Hall–Kier alpha value is -1.35. The predicted molar refractivity (Wildman–Crippen MR) is 217 cm³/mol. The van der Waals surface area contributed by atoms with Crippen LogP contribution >= 0.6 is 0 Å². The average Bonchev–Trinajstić information content (AvgIpc) is 3.11. The van der Waals surface area contributed by atoms with E-state index in [1.165, 1.54) is 167 Å². The number of rotatable bonds is 34. The third-order valence-electron chi connectivity index (χ3n) is 10.8. The highest BCUT2D eigenvalue weighted by molar-refractivity contribution is 5.72. The van der Waals surface area contributed by atoms with Gasteiger partial charge in [-0.25, -0.2) is 0 Å². The molecule has 49 heavy (non-hydrogen) atoms. The van der Waals surface area contributed by atoms with Gasteiger partial charge in [0.2, 0.25) is 0 Å². The molecular weight excluding hydrogens is 599 g/mol. The van der Waals surface area contributed by atoms with Crippen molar-refractivity contribution in [3.63, 3.8) is 0 Å². The summed E-state index contributed by atoms with van der Waals surface area (Å²) in [7, 11) is 4.31. The van der Waals surface area contributed by atoms with E-state index in [1.807, 2.05) is 0 Å². The lowest BCUT2D eigenvalue weighted by atomic mass is 9.85. The van der Waals surface area contributed by atoms with Crippen molar-refractivity contribution in [1.29, 1.82) is 0 Å². The number of allylic oxidation sites excluding steroid dienone is 6. The second-order valence-corrected chi connectivity index (χ2v) is 15.6. The first-order valence-electron chi connectivity index (χ1n) is 21.9. The molecule has 0 radical (unpaired) electrons. The lowest BCUT2D eigenvalue weighted by Crippen LogP contribution is -2.37. The van der Waals surface area contributed by atoms with E-state index in [4.69, 9.17) is 4.74 Å². The SMILES string of the molecule is CCCCCC=CCC=CCCCCCCCCC(CCCCCCCCC=CCCCCCCCC)OC(=O)C1CCCC(N(C)C)C1. The summed E-state index contributed by atoms with van der Waals surface area (Å²) in [5.41, 5.74) is 0. The van der Waals surface area contributed by atoms with Gasteiger partial charge in [-0.05, 0) is 117 Å². The van der Waals surface area contributed by atoms with Gasteiger partial charge in [0, 0.05) is 6.04 Å². The zero-order valence-electron chi connectivity index (χ0n) is 33.6. The molecule has 3 atom stereocenters. The normalized spacial score (nSPS) is 17.7. The Bertz CT molecular complexity index is 799. The monoisotopic (exact) mass is 684 g/mol. The number of unbranched alkanes of at least 4 members (excludes halogenated alkanes) is 21. The van der Waals surface area contributed by atoms with Gasteiger partial charge in [-0.3, -0.25) is 4.79 Å². The first-order valence-corrected chi connectivity index (χ1v) is 21.9. The van der Waals surface area contributed by atoms with Crippen molar-refractivity contribution in [2.45, 2.75) is 231 Å². The van der Waals surface area contributed by atoms with E-state index in [1.54, 1.807) is 0 Å². The van der Waals surface area contributed by atoms with Crippen LogP contribution in [0.5, 0.6) is 0 Å². The Morgan fingerprint density at radius 1 is 0.571 bits per heavy atom. The lowest BCUT2D eigenvalue weighted by molar-refractivity contribution is -0.156. The predicted octanol–water partition coefficient (Wildman–Crippen LogP) is 14.6. The van der Waals surface area contributed by atoms with Gasteiger partial charge in [-0.2, -0.15) is 0 Å². The smallest absolute Gasteiger partial charge is 0.309 e. The molecule has 1 fully saturated rings. The van der Waals surface area contributed by atoms with Crippen LogP contribution < -0.4 is 0 Å². The Kier molecular flexibility index (Phi) is 32.7. The van der Waals surface area contributed by atoms with E-state index in [2.05, 4.69) is 69.3 Å². The summed E-state index contributed by atoms with van der Waals surface area (Å²) >= 11 is 0. The Morgan fingerprint density at radius 3 is 1.47 bits per heavy atom. The van der Waals surface area contributed by atoms with Gasteiger partial charge in [0.15, 0.2) is 0 Å². The lowest BCUT2D eigenvalue weighted by Gasteiger charge is -2.33. The fraction of sp³-hybridized carbons (Fsp3) is 0.848. The molecule has 0 heterocycles. The second kappa shape index (κ2) is 35.1. The van der Waals surface area contributed by atoms with E-state index in [9.17, 15) is 4.79 Å². The molecule has 3 unspecified atom stereocenters. The molecule has 1 aliphatic carbocycles. The summed E-state index contributed by atoms with van der Waals surface area (Å²) in [6.07, 6.45) is 54.7. The Balaban J connectivity index is 2.23. The van der Waals surface area contributed by atoms with Crippen molar-refractivity contribution >= 4 is 5.97 Å². The van der Waals surface area contributed by atoms with Crippen LogP contribution in [0, 0.1) is 5.92 Å². The summed E-state index contributed by atoms with van der Waals surface area (Å²) in [4.78, 5) is 15.6. The Labute approximate surface area is 307 Å². The van der Waals surface area contributed by atoms with Gasteiger partial charge in [0.1, 0.15) is 6.10 Å². The van der Waals surface area contributed by atoms with Crippen LogP contribution in [0.1, 0.15) is 219 Å². The van der Waals surface area contributed by atoms with Crippen molar-refractivity contribution in [2.75, 3.05) is 14.1 Å². The number of ether oxygens (including phenoxy) is 1. The van der Waals surface area contributed by atoms with Crippen LogP contribution in [-0.2, 0) is 9.53 Å². The van der Waals surface area contributed by atoms with Crippen LogP contribution in [0.2, 0.25) is 0 Å². The molecule has 0 aromatic heterocycles. The minimum atomic E-state index is 0.0966. The van der Waals surface area contributed by atoms with E-state index in [0.29, 0.717) is 6.04 Å². The van der Waals surface area contributed by atoms with Gasteiger partial charge < -0.3 is 9.64 Å². The number of hydrogen-bond acceptors (Lipinski definition) is 3. The van der Waals surface area contributed by atoms with E-state index < -0.39 is 0 Å². The standard InChI is InChI=1S/C46H85NO2/c1-5-7-9-11-13-15-17-19-21-23-25-27-29-31-33-35-40-45(49-46(48)43-38-37-39-44(42-43)47(3)4)41-36-34-32-30-28-26-24-22-20-18-16-14-12-10-8-6-2/h13,15,19-22,43-45H,5-12,14,16-18,23-42H2,1-4H3. The molecule has 0 aliphatic heterocycles. The maximum Gasteiger partial charge on any atom is 0.309 e. The third-order valence-corrected chi connectivity index (χ3v) is 10.8. The van der Waals surface area contributed by atoms with E-state index >= 15 is 0 Å². The number of hydrogen-bond donors (Lipinski definition) is 0. The van der Waals surface area contributed by atoms with Crippen LogP contribution in [0.3, 0.4) is 0 Å². The minimum absolute atomic E-state index is 0.0966. The summed E-state index contributed by atoms with van der Waals surface area (Å²) in [6.45, 7) is 4.55. The molecule has 0 N–H and O–H groups in total. The van der Waals surface area contributed by atoms with Crippen molar-refractivity contribution in [3.05, 3.63) is 36.5 Å². The first kappa shape index (κ1) is 45.7. The molecule has 3 nitrogen and oxygen atoms in total. The molecular formula is C46H85NO2. The van der Waals surface area contributed by atoms with Gasteiger partial charge in [0.25, 0.3) is 0 Å². The topological polar surface area (TPSA) is 29.5 Å². The average molecular weight is 684 g/mol. The quantitative estimate of drug-likeness (QED) is 0.0384. The van der Waals surface area contributed by atoms with Crippen LogP contribution in [0.25, 0.3) is 0 Å². The van der Waals surface area contributed by atoms with Gasteiger partial charge in [-0.15, -0.1) is 0 Å². The third kappa shape index (κ3) is 29.0. The van der Waals surface area contributed by atoms with Crippen LogP contribution in [0.15, 0.2) is 36.5 Å². The highest BCUT2D eigenvalue weighted by Crippen LogP contribution is 2.29. The van der Waals surface area contributed by atoms with Crippen LogP contribution in [0.4, 0.5) is 0 Å². The van der Waals surface area contributed by atoms with Crippen molar-refractivity contribution in [1.82, 2.24) is 4.90 Å². The highest BCUT2D eigenvalue weighted by atomic mass is 16.5. The molecule has 0 bridgehead atoms. The van der Waals surface area contributed by atoms with Crippen molar-refractivity contribution < 1.29 is 9.53 Å². The first-order chi connectivity index (χ1) is 24.1. The molecule has 0 aromatic rings. The van der Waals surface area contributed by atoms with Gasteiger partial charge >= 0.3 is 5.97 Å². The molecule has 0 saturated heterocycles. The maximum atomic E-state index is 13.3. The van der Waals surface area contributed by atoms with Crippen molar-refractivity contribution in [2.24, 2.45) is 5.92 Å². The fourth-order valence-electron chi connectivity index (χ4n) is 7.35. The molecule has 1 aliphatic rings. The molecule has 0 aromatic carbocycles. The number of esters is 1. The maximum absolute atomic E-state index is 13.3. The molecule has 286 valence electrons. The van der Waals surface area contributed by atoms with Crippen LogP contribution in [-0.4, -0.2) is 37.1 Å². The molecule has 1 saturated carbocycles. The molecule has 3 heteroatoms. The number of carbonyl (C=O) groups excluding carboxylic acids is 1. The van der Waals surface area contributed by atoms with Crippen molar-refractivity contribution in [3.8, 4) is 0 Å². The fourth-order valence-corrected chi connectivity index (χ4v) is 7.35. The number of nitrogens with zero attached hydrogens (tertiary/aromatic N) is 1. The van der Waals surface area contributed by atoms with E-state index in [-0.39, 0.29) is 18.0 Å². The highest BCUT2D eigenvalue weighted by Gasteiger charge is 2.30. The molecule has 1 rings (SSSR count). The Morgan fingerprint density at radius 2 is 0.980 bits per heavy atom. The summed E-state index contributed by atoms with van der Waals surface area (Å²) in [5.74, 6) is 0.195. The summed E-state index contributed by atoms with van der Waals surface area (Å²) in [6, 6.07) is 0.521.